The highest BCUT2D eigenvalue weighted by atomic mass is 35.5. The van der Waals surface area contributed by atoms with Gasteiger partial charge in [0.15, 0.2) is 0 Å². The number of benzene rings is 2. The summed E-state index contributed by atoms with van der Waals surface area (Å²) >= 11 is 5.74. The van der Waals surface area contributed by atoms with E-state index in [1.807, 2.05) is 0 Å². The Labute approximate surface area is 256 Å². The zero-order valence-corrected chi connectivity index (χ0v) is 23.2. The number of aliphatic carboxylic acids is 2. The lowest BCUT2D eigenvalue weighted by Crippen LogP contribution is -2.41. The first kappa shape index (κ1) is 38.9. The van der Waals surface area contributed by atoms with Crippen LogP contribution < -0.4 is 15.8 Å². The maximum absolute atomic E-state index is 13.8. The quantitative estimate of drug-likeness (QED) is 0.106. The number of amides is 1. The molecule has 0 aliphatic rings. The molecule has 3 aromatic rings. The number of nitro groups is 1. The standard InChI is InChI=1S/C21H17ClF2N4O4.2C2HF3O2/c22-20-15(16(23)6-7-17(20)24)11-27-21(29)18(25)9-12-1-4-14(5-2-12)32-19-8-3-13(10-26-19)28(30)31;2*3-2(4,5)1(6)7/h1-8,10,18H,9,11,25H2,(H,27,29);2*(H,6,7)/t18-;;/m0../s1. The molecule has 21 heteroatoms. The van der Waals surface area contributed by atoms with Crippen LogP contribution in [0.15, 0.2) is 54.7 Å². The lowest BCUT2D eigenvalue weighted by molar-refractivity contribution is -0.385. The number of aromatic nitrogens is 1. The highest BCUT2D eigenvalue weighted by Gasteiger charge is 2.38. The number of carbonyl (C=O) groups is 3. The van der Waals surface area contributed by atoms with E-state index in [9.17, 15) is 50.0 Å². The van der Waals surface area contributed by atoms with Gasteiger partial charge in [0.1, 0.15) is 23.6 Å². The van der Waals surface area contributed by atoms with Crippen LogP contribution in [0.4, 0.5) is 40.8 Å². The molecule has 1 heterocycles. The molecule has 0 bridgehead atoms. The van der Waals surface area contributed by atoms with E-state index in [1.165, 1.54) is 12.1 Å². The van der Waals surface area contributed by atoms with E-state index in [2.05, 4.69) is 10.3 Å². The largest absolute Gasteiger partial charge is 0.490 e. The normalized spacial score (nSPS) is 11.5. The van der Waals surface area contributed by atoms with Crippen molar-refractivity contribution in [1.82, 2.24) is 10.3 Å². The molecule has 0 aliphatic carbocycles. The lowest BCUT2D eigenvalue weighted by Gasteiger charge is -2.14. The third kappa shape index (κ3) is 13.3. The Morgan fingerprint density at radius 2 is 1.43 bits per heavy atom. The maximum atomic E-state index is 13.8. The Bertz CT molecular complexity index is 1500. The van der Waals surface area contributed by atoms with Crippen molar-refractivity contribution in [1.29, 1.82) is 0 Å². The fourth-order valence-electron chi connectivity index (χ4n) is 2.74. The zero-order valence-electron chi connectivity index (χ0n) is 22.4. The van der Waals surface area contributed by atoms with Crippen LogP contribution in [0.5, 0.6) is 11.6 Å². The van der Waals surface area contributed by atoms with E-state index in [-0.39, 0.29) is 30.1 Å². The predicted octanol–water partition coefficient (Wildman–Crippen LogP) is 5.17. The molecule has 250 valence electrons. The first-order chi connectivity index (χ1) is 21.1. The number of hydrogen-bond acceptors (Lipinski definition) is 8. The fraction of sp³-hybridized carbons (Fsp3) is 0.200. The third-order valence-electron chi connectivity index (χ3n) is 4.93. The Kier molecular flexibility index (Phi) is 14.2. The van der Waals surface area contributed by atoms with Crippen molar-refractivity contribution in [2.24, 2.45) is 5.73 Å². The van der Waals surface area contributed by atoms with E-state index in [0.29, 0.717) is 5.75 Å². The van der Waals surface area contributed by atoms with Crippen LogP contribution in [0.1, 0.15) is 11.1 Å². The number of hydrogen-bond donors (Lipinski definition) is 4. The smallest absolute Gasteiger partial charge is 0.475 e. The summed E-state index contributed by atoms with van der Waals surface area (Å²) in [5.41, 5.74) is 6.33. The number of halogens is 9. The molecule has 2 aromatic carbocycles. The average molecular weight is 691 g/mol. The summed E-state index contributed by atoms with van der Waals surface area (Å²) in [6.07, 6.45) is -8.90. The van der Waals surface area contributed by atoms with Crippen LogP contribution >= 0.6 is 11.6 Å². The molecule has 0 radical (unpaired) electrons. The molecule has 1 amide bonds. The minimum absolute atomic E-state index is 0.151. The minimum atomic E-state index is -5.08. The van der Waals surface area contributed by atoms with Gasteiger partial charge in [-0.05, 0) is 36.2 Å². The van der Waals surface area contributed by atoms with Gasteiger partial charge in [0.2, 0.25) is 11.8 Å². The summed E-state index contributed by atoms with van der Waals surface area (Å²) in [7, 11) is 0. The molecule has 3 rings (SSSR count). The number of ether oxygens (including phenoxy) is 1. The number of carboxylic acid groups (broad SMARTS) is 2. The molecule has 0 fully saturated rings. The van der Waals surface area contributed by atoms with Gasteiger partial charge >= 0.3 is 24.3 Å². The van der Waals surface area contributed by atoms with Crippen LogP contribution in [0.2, 0.25) is 5.02 Å². The van der Waals surface area contributed by atoms with E-state index in [1.54, 1.807) is 24.3 Å². The van der Waals surface area contributed by atoms with Gasteiger partial charge in [-0.25, -0.2) is 23.4 Å². The number of nitrogens with zero attached hydrogens (tertiary/aromatic N) is 2. The van der Waals surface area contributed by atoms with Crippen molar-refractivity contribution in [2.75, 3.05) is 0 Å². The van der Waals surface area contributed by atoms with Crippen molar-refractivity contribution in [3.8, 4) is 11.6 Å². The van der Waals surface area contributed by atoms with Gasteiger partial charge in [0.05, 0.1) is 16.0 Å². The van der Waals surface area contributed by atoms with Gasteiger partial charge in [-0.2, -0.15) is 26.3 Å². The highest BCUT2D eigenvalue weighted by molar-refractivity contribution is 6.31. The first-order valence-corrected chi connectivity index (χ1v) is 12.1. The molecule has 0 unspecified atom stereocenters. The van der Waals surface area contributed by atoms with E-state index >= 15 is 0 Å². The molecule has 0 saturated carbocycles. The molecule has 0 saturated heterocycles. The van der Waals surface area contributed by atoms with E-state index in [4.69, 9.17) is 41.9 Å². The fourth-order valence-corrected chi connectivity index (χ4v) is 2.96. The number of rotatable bonds is 8. The molecule has 0 aliphatic heterocycles. The molecule has 0 spiro atoms. The molecule has 1 atom stereocenters. The van der Waals surface area contributed by atoms with Gasteiger partial charge in [-0.3, -0.25) is 14.9 Å². The maximum Gasteiger partial charge on any atom is 0.490 e. The van der Waals surface area contributed by atoms with Crippen molar-refractivity contribution in [2.45, 2.75) is 31.4 Å². The Morgan fingerprint density at radius 1 is 0.935 bits per heavy atom. The molecule has 5 N–H and O–H groups in total. The number of pyridine rings is 1. The summed E-state index contributed by atoms with van der Waals surface area (Å²) in [6.45, 7) is -0.302. The highest BCUT2D eigenvalue weighted by Crippen LogP contribution is 2.24. The lowest BCUT2D eigenvalue weighted by atomic mass is 10.1. The molecule has 1 aromatic heterocycles. The monoisotopic (exact) mass is 690 g/mol. The topological polar surface area (TPSA) is 195 Å². The predicted molar refractivity (Wildman–Crippen MR) is 140 cm³/mol. The Morgan fingerprint density at radius 3 is 1.87 bits per heavy atom. The number of carboxylic acids is 2. The van der Waals surface area contributed by atoms with Crippen LogP contribution in [0, 0.1) is 21.7 Å². The summed E-state index contributed by atoms with van der Waals surface area (Å²) < 4.78 is 96.3. The Balaban J connectivity index is 0.000000629. The Hall–Kier alpha value is -5.11. The van der Waals surface area contributed by atoms with E-state index in [0.717, 1.165) is 23.9 Å². The van der Waals surface area contributed by atoms with Crippen molar-refractivity contribution in [3.05, 3.63) is 92.6 Å². The van der Waals surface area contributed by atoms with Gasteiger partial charge in [-0.15, -0.1) is 0 Å². The van der Waals surface area contributed by atoms with Crippen molar-refractivity contribution in [3.63, 3.8) is 0 Å². The number of carbonyl (C=O) groups excluding carboxylic acids is 1. The summed E-state index contributed by atoms with van der Waals surface area (Å²) in [4.78, 5) is 44.0. The van der Waals surface area contributed by atoms with Crippen LogP contribution in [-0.4, -0.2) is 56.4 Å². The second kappa shape index (κ2) is 16.8. The van der Waals surface area contributed by atoms with Crippen molar-refractivity contribution < 1.29 is 69.4 Å². The number of nitrogens with one attached hydrogen (secondary N) is 1. The summed E-state index contributed by atoms with van der Waals surface area (Å²) in [6, 6.07) is 10.2. The van der Waals surface area contributed by atoms with E-state index < -0.39 is 57.8 Å². The average Bonchev–Trinajstić information content (AvgIpc) is 2.96. The van der Waals surface area contributed by atoms with Gasteiger partial charge in [0, 0.05) is 24.2 Å². The summed E-state index contributed by atoms with van der Waals surface area (Å²) in [5, 5.41) is 27.0. The van der Waals surface area contributed by atoms with Gasteiger partial charge < -0.3 is 26.0 Å². The van der Waals surface area contributed by atoms with Gasteiger partial charge in [-0.1, -0.05) is 23.7 Å². The second-order valence-corrected chi connectivity index (χ2v) is 8.69. The van der Waals surface area contributed by atoms with Gasteiger partial charge in [0.25, 0.3) is 5.69 Å². The zero-order chi connectivity index (χ0) is 35.4. The number of alkyl halides is 6. The molecular formula is C25H19ClF8N4O8. The van der Waals surface area contributed by atoms with Crippen LogP contribution in [0.3, 0.4) is 0 Å². The van der Waals surface area contributed by atoms with Crippen molar-refractivity contribution >= 4 is 35.1 Å². The number of nitrogens with two attached hydrogens (primary N) is 1. The third-order valence-corrected chi connectivity index (χ3v) is 5.34. The SMILES string of the molecule is N[C@@H](Cc1ccc(Oc2ccc([N+](=O)[O-])cn2)cc1)C(=O)NCc1c(F)ccc(F)c1Cl.O=C(O)C(F)(F)F.O=C(O)C(F)(F)F. The van der Waals surface area contributed by atoms with Crippen LogP contribution in [-0.2, 0) is 27.3 Å². The first-order valence-electron chi connectivity index (χ1n) is 11.8. The molecule has 46 heavy (non-hydrogen) atoms. The van der Waals surface area contributed by atoms with Crippen LogP contribution in [0.25, 0.3) is 0 Å². The summed E-state index contributed by atoms with van der Waals surface area (Å²) in [5.74, 6) is -6.97. The molecular weight excluding hydrogens is 672 g/mol. The minimum Gasteiger partial charge on any atom is -0.475 e. The molecule has 12 nitrogen and oxygen atoms in total. The second-order valence-electron chi connectivity index (χ2n) is 8.31.